The molecule has 1 aliphatic carbocycles. The highest BCUT2D eigenvalue weighted by Crippen LogP contribution is 2.28. The molecule has 2 aliphatic rings. The smallest absolute Gasteiger partial charge is 0.310 e. The lowest BCUT2D eigenvalue weighted by Gasteiger charge is -2.37. The van der Waals surface area contributed by atoms with Crippen molar-refractivity contribution in [3.05, 3.63) is 66.0 Å². The molecule has 0 amide bonds. The van der Waals surface area contributed by atoms with Gasteiger partial charge in [0, 0.05) is 24.7 Å². The number of anilines is 2. The summed E-state index contributed by atoms with van der Waals surface area (Å²) >= 11 is 0. The number of rotatable bonds is 8. The quantitative estimate of drug-likeness (QED) is 0.376. The fourth-order valence-electron chi connectivity index (χ4n) is 4.16. The normalized spacial score (nSPS) is 15.2. The second-order valence-electron chi connectivity index (χ2n) is 9.30. The van der Waals surface area contributed by atoms with Crippen molar-refractivity contribution in [1.82, 2.24) is 29.9 Å². The number of hydrogen-bond acceptors (Lipinski definition) is 9. The fourth-order valence-corrected chi connectivity index (χ4v) is 4.16. The number of hydrogen-bond donors (Lipinski definition) is 2. The van der Waals surface area contributed by atoms with Crippen molar-refractivity contribution in [3.63, 3.8) is 0 Å². The van der Waals surface area contributed by atoms with E-state index in [1.807, 2.05) is 47.5 Å². The van der Waals surface area contributed by atoms with Gasteiger partial charge >= 0.3 is 5.97 Å². The molecule has 184 valence electrons. The molecule has 2 N–H and O–H groups in total. The van der Waals surface area contributed by atoms with Gasteiger partial charge in [-0.2, -0.15) is 5.26 Å². The first-order chi connectivity index (χ1) is 18.0. The van der Waals surface area contributed by atoms with Crippen LogP contribution < -0.4 is 10.2 Å². The van der Waals surface area contributed by atoms with Gasteiger partial charge in [-0.25, -0.2) is 19.6 Å². The third-order valence-corrected chi connectivity index (χ3v) is 6.40. The molecule has 1 aliphatic heterocycles. The van der Waals surface area contributed by atoms with Crippen LogP contribution in [0.5, 0.6) is 0 Å². The number of benzene rings is 1. The van der Waals surface area contributed by atoms with E-state index in [0.717, 1.165) is 29.9 Å². The Morgan fingerprint density at radius 2 is 1.86 bits per heavy atom. The zero-order valence-electron chi connectivity index (χ0n) is 19.8. The third-order valence-electron chi connectivity index (χ3n) is 6.40. The van der Waals surface area contributed by atoms with Gasteiger partial charge in [-0.3, -0.25) is 4.79 Å². The van der Waals surface area contributed by atoms with Crippen LogP contribution in [0.2, 0.25) is 0 Å². The van der Waals surface area contributed by atoms with Gasteiger partial charge in [0.1, 0.15) is 11.5 Å². The monoisotopic (exact) mass is 493 g/mol. The van der Waals surface area contributed by atoms with Gasteiger partial charge in [-0.05, 0) is 43.2 Å². The van der Waals surface area contributed by atoms with Crippen LogP contribution in [0, 0.1) is 17.2 Å². The molecule has 0 unspecified atom stereocenters. The highest BCUT2D eigenvalue weighted by atomic mass is 16.4. The molecule has 1 saturated heterocycles. The average molecular weight is 494 g/mol. The number of carboxylic acid groups (broad SMARTS) is 1. The molecular formula is C26H23N9O2. The Balaban J connectivity index is 1.24. The molecule has 1 saturated carbocycles. The maximum absolute atomic E-state index is 11.1. The van der Waals surface area contributed by atoms with Gasteiger partial charge in [-0.15, -0.1) is 5.10 Å². The number of pyridine rings is 1. The topological polar surface area (TPSA) is 146 Å². The van der Waals surface area contributed by atoms with Crippen LogP contribution in [0.3, 0.4) is 0 Å². The Morgan fingerprint density at radius 3 is 2.65 bits per heavy atom. The summed E-state index contributed by atoms with van der Waals surface area (Å²) in [6, 6.07) is 17.4. The zero-order chi connectivity index (χ0) is 25.4. The van der Waals surface area contributed by atoms with Crippen molar-refractivity contribution >= 4 is 17.7 Å². The average Bonchev–Trinajstić information content (AvgIpc) is 3.57. The van der Waals surface area contributed by atoms with Crippen molar-refractivity contribution in [2.24, 2.45) is 5.92 Å². The number of nitrogens with one attached hydrogen (secondary N) is 1. The summed E-state index contributed by atoms with van der Waals surface area (Å²) in [5.74, 6) is 0.160. The van der Waals surface area contributed by atoms with Gasteiger partial charge in [0.05, 0.1) is 47.4 Å². The Hall–Kier alpha value is -4.85. The van der Waals surface area contributed by atoms with Gasteiger partial charge < -0.3 is 15.3 Å². The van der Waals surface area contributed by atoms with Crippen LogP contribution in [-0.2, 0) is 11.3 Å². The van der Waals surface area contributed by atoms with E-state index in [1.54, 1.807) is 16.8 Å². The minimum absolute atomic E-state index is 0.345. The third kappa shape index (κ3) is 4.95. The van der Waals surface area contributed by atoms with E-state index in [-0.39, 0.29) is 5.92 Å². The summed E-state index contributed by atoms with van der Waals surface area (Å²) in [5.41, 5.74) is 4.10. The van der Waals surface area contributed by atoms with Crippen molar-refractivity contribution in [2.75, 3.05) is 23.3 Å². The lowest BCUT2D eigenvalue weighted by Crippen LogP contribution is -2.50. The van der Waals surface area contributed by atoms with E-state index in [1.165, 1.54) is 0 Å². The summed E-state index contributed by atoms with van der Waals surface area (Å²) in [6.45, 7) is 1.33. The van der Waals surface area contributed by atoms with Gasteiger partial charge in [0.2, 0.25) is 5.95 Å². The maximum Gasteiger partial charge on any atom is 0.310 e. The van der Waals surface area contributed by atoms with Crippen molar-refractivity contribution in [3.8, 4) is 28.7 Å². The molecule has 0 atom stereocenters. The van der Waals surface area contributed by atoms with Crippen LogP contribution in [0.1, 0.15) is 24.1 Å². The molecule has 0 radical (unpaired) electrons. The molecule has 1 aromatic carbocycles. The minimum atomic E-state index is -0.774. The van der Waals surface area contributed by atoms with Crippen molar-refractivity contribution < 1.29 is 9.90 Å². The van der Waals surface area contributed by atoms with Gasteiger partial charge in [0.15, 0.2) is 0 Å². The number of aliphatic carboxylic acids is 1. The largest absolute Gasteiger partial charge is 0.481 e. The van der Waals surface area contributed by atoms with E-state index in [4.69, 9.17) is 5.11 Å². The fraction of sp³-hybridized carbons (Fsp3) is 0.269. The SMILES string of the molecule is N#Cc1cccc(-c2cc(-c3cn(Cc4cccc(N5CC(C(=O)O)C5)n4)nn3)nc(NC3CC3)n2)c1. The predicted octanol–water partition coefficient (Wildman–Crippen LogP) is 2.81. The Morgan fingerprint density at radius 1 is 1.05 bits per heavy atom. The maximum atomic E-state index is 11.1. The number of nitrogens with zero attached hydrogens (tertiary/aromatic N) is 8. The number of nitriles is 1. The molecule has 37 heavy (non-hydrogen) atoms. The van der Waals surface area contributed by atoms with Crippen LogP contribution in [0.4, 0.5) is 11.8 Å². The second-order valence-corrected chi connectivity index (χ2v) is 9.30. The first-order valence-electron chi connectivity index (χ1n) is 12.0. The molecule has 2 fully saturated rings. The molecule has 0 bridgehead atoms. The molecule has 4 heterocycles. The van der Waals surface area contributed by atoms with Crippen LogP contribution in [0.25, 0.3) is 22.6 Å². The Kier molecular flexibility index (Phi) is 5.69. The summed E-state index contributed by atoms with van der Waals surface area (Å²) < 4.78 is 1.70. The molecule has 3 aromatic heterocycles. The predicted molar refractivity (Wildman–Crippen MR) is 135 cm³/mol. The highest BCUT2D eigenvalue weighted by Gasteiger charge is 2.33. The zero-order valence-corrected chi connectivity index (χ0v) is 19.8. The lowest BCUT2D eigenvalue weighted by atomic mass is 10.0. The molecule has 11 nitrogen and oxygen atoms in total. The first-order valence-corrected chi connectivity index (χ1v) is 12.0. The molecule has 0 spiro atoms. The molecular weight excluding hydrogens is 470 g/mol. The first kappa shape index (κ1) is 22.6. The Bertz CT molecular complexity index is 1520. The van der Waals surface area contributed by atoms with E-state index < -0.39 is 5.97 Å². The van der Waals surface area contributed by atoms with Crippen molar-refractivity contribution in [1.29, 1.82) is 5.26 Å². The van der Waals surface area contributed by atoms with E-state index in [9.17, 15) is 10.1 Å². The summed E-state index contributed by atoms with van der Waals surface area (Å²) in [4.78, 5) is 27.1. The van der Waals surface area contributed by atoms with Crippen LogP contribution >= 0.6 is 0 Å². The number of carbonyl (C=O) groups is 1. The summed E-state index contributed by atoms with van der Waals surface area (Å²) in [6.07, 6.45) is 3.99. The Labute approximate surface area is 212 Å². The van der Waals surface area contributed by atoms with Crippen LogP contribution in [0.15, 0.2) is 54.7 Å². The molecule has 4 aromatic rings. The van der Waals surface area contributed by atoms with Crippen molar-refractivity contribution in [2.45, 2.75) is 25.4 Å². The second kappa shape index (κ2) is 9.31. The van der Waals surface area contributed by atoms with E-state index >= 15 is 0 Å². The molecule has 6 rings (SSSR count). The van der Waals surface area contributed by atoms with E-state index in [0.29, 0.717) is 54.3 Å². The summed E-state index contributed by atoms with van der Waals surface area (Å²) in [5, 5.41) is 30.4. The van der Waals surface area contributed by atoms with Gasteiger partial charge in [-0.1, -0.05) is 23.4 Å². The number of carboxylic acids is 1. The summed E-state index contributed by atoms with van der Waals surface area (Å²) in [7, 11) is 0. The van der Waals surface area contributed by atoms with Crippen LogP contribution in [-0.4, -0.2) is 60.2 Å². The molecule has 11 heteroatoms. The number of aromatic nitrogens is 6. The minimum Gasteiger partial charge on any atom is -0.481 e. The van der Waals surface area contributed by atoms with E-state index in [2.05, 4.69) is 36.7 Å². The lowest BCUT2D eigenvalue weighted by molar-refractivity contribution is -0.142. The van der Waals surface area contributed by atoms with Gasteiger partial charge in [0.25, 0.3) is 0 Å². The standard InChI is InChI=1S/C26H23N9O2/c27-11-16-3-1-4-17(9-16)21-10-22(31-26(30-21)29-19-7-8-19)23-15-35(33-32-23)14-20-5-2-6-24(28-20)34-12-18(13-34)25(36)37/h1-6,9-10,15,18-19H,7-8,12-14H2,(H,36,37)(H,29,30,31). The highest BCUT2D eigenvalue weighted by molar-refractivity contribution is 5.74.